The van der Waals surface area contributed by atoms with Crippen LogP contribution in [0.25, 0.3) is 0 Å². The third kappa shape index (κ3) is 6.26. The molecule has 134 valence electrons. The van der Waals surface area contributed by atoms with Crippen LogP contribution in [0.15, 0.2) is 45.6 Å². The molecule has 0 spiro atoms. The van der Waals surface area contributed by atoms with E-state index in [-0.39, 0.29) is 24.3 Å². The molecule has 2 N–H and O–H groups in total. The Hall–Kier alpha value is -1.70. The van der Waals surface area contributed by atoms with Crippen LogP contribution in [-0.4, -0.2) is 43.9 Å². The zero-order chi connectivity index (χ0) is 18.2. The van der Waals surface area contributed by atoms with Crippen molar-refractivity contribution in [3.8, 4) is 0 Å². The summed E-state index contributed by atoms with van der Waals surface area (Å²) in [5, 5.41) is 9.83. The molecule has 1 aromatic carbocycles. The van der Waals surface area contributed by atoms with E-state index in [2.05, 4.69) is 42.9 Å². The van der Waals surface area contributed by atoms with E-state index in [1.165, 1.54) is 5.56 Å². The SMILES string of the molecule is CN(C)C(CNC(=O)CCNC(=O)c1ccc(Br)cc1)c1ccsc1. The Morgan fingerprint density at radius 2 is 1.88 bits per heavy atom. The Kier molecular flexibility index (Phi) is 7.61. The Labute approximate surface area is 160 Å². The third-order valence-corrected chi connectivity index (χ3v) is 5.02. The van der Waals surface area contributed by atoms with Gasteiger partial charge in [0.25, 0.3) is 5.91 Å². The largest absolute Gasteiger partial charge is 0.354 e. The fourth-order valence-corrected chi connectivity index (χ4v) is 3.33. The molecule has 1 heterocycles. The lowest BCUT2D eigenvalue weighted by Crippen LogP contribution is -2.36. The van der Waals surface area contributed by atoms with Crippen molar-refractivity contribution < 1.29 is 9.59 Å². The van der Waals surface area contributed by atoms with E-state index in [1.807, 2.05) is 31.6 Å². The fourth-order valence-electron chi connectivity index (χ4n) is 2.35. The fraction of sp³-hybridized carbons (Fsp3) is 0.333. The first-order valence-corrected chi connectivity index (χ1v) is 9.70. The molecule has 2 rings (SSSR count). The van der Waals surface area contributed by atoms with Crippen molar-refractivity contribution in [1.82, 2.24) is 15.5 Å². The molecule has 0 aliphatic carbocycles. The van der Waals surface area contributed by atoms with Crippen LogP contribution in [0, 0.1) is 0 Å². The second kappa shape index (κ2) is 9.70. The summed E-state index contributed by atoms with van der Waals surface area (Å²) in [6.07, 6.45) is 0.256. The molecule has 0 bridgehead atoms. The van der Waals surface area contributed by atoms with Gasteiger partial charge in [-0.2, -0.15) is 11.3 Å². The lowest BCUT2D eigenvalue weighted by molar-refractivity contribution is -0.121. The van der Waals surface area contributed by atoms with Gasteiger partial charge >= 0.3 is 0 Å². The van der Waals surface area contributed by atoms with Gasteiger partial charge in [0.2, 0.25) is 5.91 Å². The number of nitrogens with one attached hydrogen (secondary N) is 2. The maximum absolute atomic E-state index is 12.0. The van der Waals surface area contributed by atoms with Crippen molar-refractivity contribution in [2.24, 2.45) is 0 Å². The lowest BCUT2D eigenvalue weighted by atomic mass is 10.1. The molecule has 25 heavy (non-hydrogen) atoms. The molecule has 1 atom stereocenters. The van der Waals surface area contributed by atoms with Crippen LogP contribution in [-0.2, 0) is 4.79 Å². The summed E-state index contributed by atoms with van der Waals surface area (Å²) in [4.78, 5) is 26.1. The molecule has 2 amide bonds. The Balaban J connectivity index is 1.73. The van der Waals surface area contributed by atoms with Gasteiger partial charge in [-0.3, -0.25) is 9.59 Å². The van der Waals surface area contributed by atoms with Gasteiger partial charge in [-0.05, 0) is 60.8 Å². The van der Waals surface area contributed by atoms with Crippen LogP contribution in [0.5, 0.6) is 0 Å². The van der Waals surface area contributed by atoms with E-state index in [1.54, 1.807) is 23.5 Å². The minimum Gasteiger partial charge on any atom is -0.354 e. The predicted molar refractivity (Wildman–Crippen MR) is 105 cm³/mol. The van der Waals surface area contributed by atoms with Crippen LogP contribution in [0.2, 0.25) is 0 Å². The number of rotatable bonds is 8. The zero-order valence-electron chi connectivity index (χ0n) is 14.3. The first kappa shape index (κ1) is 19.6. The van der Waals surface area contributed by atoms with Crippen molar-refractivity contribution in [2.45, 2.75) is 12.5 Å². The number of carbonyl (C=O) groups is 2. The summed E-state index contributed by atoms with van der Waals surface area (Å²) >= 11 is 4.98. The number of amides is 2. The van der Waals surface area contributed by atoms with Crippen LogP contribution in [0.4, 0.5) is 0 Å². The standard InChI is InChI=1S/C18H22BrN3O2S/c1-22(2)16(14-8-10-25-12-14)11-21-17(23)7-9-20-18(24)13-3-5-15(19)6-4-13/h3-6,8,10,12,16H,7,9,11H2,1-2H3,(H,20,24)(H,21,23). The number of nitrogens with zero attached hydrogens (tertiary/aromatic N) is 1. The molecule has 0 saturated heterocycles. The average Bonchev–Trinajstić information content (AvgIpc) is 3.09. The van der Waals surface area contributed by atoms with E-state index < -0.39 is 0 Å². The second-order valence-electron chi connectivity index (χ2n) is 5.85. The van der Waals surface area contributed by atoms with E-state index in [0.29, 0.717) is 18.7 Å². The molecule has 2 aromatic rings. The second-order valence-corrected chi connectivity index (χ2v) is 7.55. The smallest absolute Gasteiger partial charge is 0.251 e. The van der Waals surface area contributed by atoms with Crippen LogP contribution in [0.1, 0.15) is 28.4 Å². The minimum absolute atomic E-state index is 0.0711. The van der Waals surface area contributed by atoms with Gasteiger partial charge < -0.3 is 15.5 Å². The summed E-state index contributed by atoms with van der Waals surface area (Å²) < 4.78 is 0.921. The van der Waals surface area contributed by atoms with E-state index in [9.17, 15) is 9.59 Å². The van der Waals surface area contributed by atoms with E-state index in [4.69, 9.17) is 0 Å². The Bertz CT molecular complexity index is 687. The van der Waals surface area contributed by atoms with E-state index in [0.717, 1.165) is 4.47 Å². The molecule has 1 unspecified atom stereocenters. The topological polar surface area (TPSA) is 61.4 Å². The van der Waals surface area contributed by atoms with Crippen molar-refractivity contribution in [1.29, 1.82) is 0 Å². The summed E-state index contributed by atoms with van der Waals surface area (Å²) in [7, 11) is 3.99. The number of hydrogen-bond acceptors (Lipinski definition) is 4. The summed E-state index contributed by atoms with van der Waals surface area (Å²) in [6, 6.07) is 9.32. The highest BCUT2D eigenvalue weighted by Gasteiger charge is 2.15. The molecule has 1 aromatic heterocycles. The average molecular weight is 424 g/mol. The third-order valence-electron chi connectivity index (χ3n) is 3.79. The monoisotopic (exact) mass is 423 g/mol. The summed E-state index contributed by atoms with van der Waals surface area (Å²) in [5.74, 6) is -0.247. The summed E-state index contributed by atoms with van der Waals surface area (Å²) in [6.45, 7) is 0.856. The van der Waals surface area contributed by atoms with E-state index >= 15 is 0 Å². The Morgan fingerprint density at radius 1 is 1.16 bits per heavy atom. The molecular formula is C18H22BrN3O2S. The van der Waals surface area contributed by atoms with Crippen LogP contribution in [0.3, 0.4) is 0 Å². The molecule has 0 aliphatic heterocycles. The number of likely N-dealkylation sites (N-methyl/N-ethyl adjacent to an activating group) is 1. The maximum Gasteiger partial charge on any atom is 0.251 e. The van der Waals surface area contributed by atoms with Crippen molar-refractivity contribution in [3.63, 3.8) is 0 Å². The lowest BCUT2D eigenvalue weighted by Gasteiger charge is -2.24. The van der Waals surface area contributed by atoms with Gasteiger partial charge in [-0.1, -0.05) is 15.9 Å². The minimum atomic E-state index is -0.176. The van der Waals surface area contributed by atoms with Crippen molar-refractivity contribution >= 4 is 39.1 Å². The van der Waals surface area contributed by atoms with Gasteiger partial charge in [0.15, 0.2) is 0 Å². The molecule has 0 aliphatic rings. The number of thiophene rings is 1. The van der Waals surface area contributed by atoms with Gasteiger partial charge in [0, 0.05) is 29.5 Å². The summed E-state index contributed by atoms with van der Waals surface area (Å²) in [5.41, 5.74) is 1.77. The van der Waals surface area contributed by atoms with Crippen LogP contribution >= 0.6 is 27.3 Å². The van der Waals surface area contributed by atoms with Crippen LogP contribution < -0.4 is 10.6 Å². The first-order chi connectivity index (χ1) is 12.0. The van der Waals surface area contributed by atoms with Crippen molar-refractivity contribution in [2.75, 3.05) is 27.2 Å². The number of benzene rings is 1. The molecule has 7 heteroatoms. The molecule has 0 saturated carbocycles. The molecule has 5 nitrogen and oxygen atoms in total. The maximum atomic E-state index is 12.0. The normalized spacial score (nSPS) is 12.0. The predicted octanol–water partition coefficient (Wildman–Crippen LogP) is 3.05. The first-order valence-electron chi connectivity index (χ1n) is 7.96. The number of halogens is 1. The number of carbonyl (C=O) groups excluding carboxylic acids is 2. The molecular weight excluding hydrogens is 402 g/mol. The van der Waals surface area contributed by atoms with Gasteiger partial charge in [-0.15, -0.1) is 0 Å². The van der Waals surface area contributed by atoms with Crippen molar-refractivity contribution in [3.05, 3.63) is 56.7 Å². The van der Waals surface area contributed by atoms with Gasteiger partial charge in [0.1, 0.15) is 0 Å². The molecule has 0 radical (unpaired) electrons. The number of hydrogen-bond donors (Lipinski definition) is 2. The van der Waals surface area contributed by atoms with Gasteiger partial charge in [0.05, 0.1) is 6.04 Å². The highest BCUT2D eigenvalue weighted by Crippen LogP contribution is 2.19. The zero-order valence-corrected chi connectivity index (χ0v) is 16.7. The van der Waals surface area contributed by atoms with Gasteiger partial charge in [-0.25, -0.2) is 0 Å². The molecule has 0 fully saturated rings. The highest BCUT2D eigenvalue weighted by atomic mass is 79.9. The quantitative estimate of drug-likeness (QED) is 0.685. The Morgan fingerprint density at radius 3 is 2.48 bits per heavy atom. The highest BCUT2D eigenvalue weighted by molar-refractivity contribution is 9.10.